The first-order valence-electron chi connectivity index (χ1n) is 6.08. The summed E-state index contributed by atoms with van der Waals surface area (Å²) in [6.07, 6.45) is 2.26. The van der Waals surface area contributed by atoms with Crippen LogP contribution < -0.4 is 15.5 Å². The summed E-state index contributed by atoms with van der Waals surface area (Å²) in [5, 5.41) is 6.32. The molecular formula is C11H22N6. The Labute approximate surface area is 103 Å². The van der Waals surface area contributed by atoms with Gasteiger partial charge in [0.2, 0.25) is 17.8 Å². The number of nitrogens with zero attached hydrogens (tertiary/aromatic N) is 4. The van der Waals surface area contributed by atoms with Crippen LogP contribution in [0.3, 0.4) is 0 Å². The summed E-state index contributed by atoms with van der Waals surface area (Å²) in [5.74, 6) is 1.91. The van der Waals surface area contributed by atoms with Crippen LogP contribution in [0.4, 0.5) is 17.8 Å². The van der Waals surface area contributed by atoms with E-state index in [1.165, 1.54) is 0 Å². The highest BCUT2D eigenvalue weighted by molar-refractivity contribution is 5.42. The van der Waals surface area contributed by atoms with E-state index in [1.807, 2.05) is 25.9 Å². The number of anilines is 3. The van der Waals surface area contributed by atoms with E-state index in [-0.39, 0.29) is 0 Å². The molecule has 0 aliphatic heterocycles. The van der Waals surface area contributed by atoms with Gasteiger partial charge in [-0.15, -0.1) is 0 Å². The van der Waals surface area contributed by atoms with E-state index in [4.69, 9.17) is 0 Å². The largest absolute Gasteiger partial charge is 0.354 e. The lowest BCUT2D eigenvalue weighted by Crippen LogP contribution is -2.17. The molecule has 0 radical (unpaired) electrons. The lowest BCUT2D eigenvalue weighted by atomic mass is 10.3. The second-order valence-corrected chi connectivity index (χ2v) is 3.99. The van der Waals surface area contributed by atoms with Gasteiger partial charge >= 0.3 is 0 Å². The van der Waals surface area contributed by atoms with E-state index < -0.39 is 0 Å². The van der Waals surface area contributed by atoms with E-state index in [0.29, 0.717) is 17.8 Å². The molecule has 0 aliphatic carbocycles. The third kappa shape index (κ3) is 4.42. The first-order valence-corrected chi connectivity index (χ1v) is 6.08. The zero-order valence-electron chi connectivity index (χ0n) is 11.1. The Kier molecular flexibility index (Phi) is 5.45. The highest BCUT2D eigenvalue weighted by Gasteiger charge is 2.06. The lowest BCUT2D eigenvalue weighted by Gasteiger charge is -2.13. The van der Waals surface area contributed by atoms with Crippen LogP contribution in [0.2, 0.25) is 0 Å². The van der Waals surface area contributed by atoms with Crippen LogP contribution in [0.1, 0.15) is 26.7 Å². The van der Waals surface area contributed by atoms with Crippen molar-refractivity contribution in [1.82, 2.24) is 15.0 Å². The number of aromatic nitrogens is 3. The molecule has 0 atom stereocenters. The van der Waals surface area contributed by atoms with Crippen molar-refractivity contribution in [2.75, 3.05) is 42.7 Å². The molecule has 6 heteroatoms. The molecule has 0 bridgehead atoms. The first-order chi connectivity index (χ1) is 8.17. The van der Waals surface area contributed by atoms with Gasteiger partial charge in [-0.05, 0) is 13.3 Å². The summed E-state index contributed by atoms with van der Waals surface area (Å²) >= 11 is 0. The van der Waals surface area contributed by atoms with Gasteiger partial charge in [-0.25, -0.2) is 0 Å². The predicted octanol–water partition coefficient (Wildman–Crippen LogP) is 1.58. The Morgan fingerprint density at radius 1 is 1.00 bits per heavy atom. The standard InChI is InChI=1S/C11H22N6/c1-5-7-8-13-10-14-9(12-6-2)15-11(16-10)17(3)4/h5-8H2,1-4H3,(H2,12,13,14,15,16). The van der Waals surface area contributed by atoms with Gasteiger partial charge in [0.05, 0.1) is 0 Å². The Morgan fingerprint density at radius 2 is 1.65 bits per heavy atom. The van der Waals surface area contributed by atoms with Crippen molar-refractivity contribution in [3.8, 4) is 0 Å². The van der Waals surface area contributed by atoms with Gasteiger partial charge in [0, 0.05) is 27.2 Å². The molecule has 1 heterocycles. The van der Waals surface area contributed by atoms with Crippen molar-refractivity contribution in [2.45, 2.75) is 26.7 Å². The molecule has 1 aromatic rings. The molecule has 6 nitrogen and oxygen atoms in total. The van der Waals surface area contributed by atoms with Crippen LogP contribution in [0, 0.1) is 0 Å². The summed E-state index contributed by atoms with van der Waals surface area (Å²) in [6, 6.07) is 0. The van der Waals surface area contributed by atoms with Gasteiger partial charge in [0.25, 0.3) is 0 Å². The quantitative estimate of drug-likeness (QED) is 0.703. The molecule has 0 amide bonds. The van der Waals surface area contributed by atoms with Crippen LogP contribution >= 0.6 is 0 Å². The number of unbranched alkanes of at least 4 members (excludes halogenated alkanes) is 1. The van der Waals surface area contributed by atoms with Crippen molar-refractivity contribution in [3.05, 3.63) is 0 Å². The molecule has 96 valence electrons. The second-order valence-electron chi connectivity index (χ2n) is 3.99. The smallest absolute Gasteiger partial charge is 0.231 e. The molecule has 0 aromatic carbocycles. The van der Waals surface area contributed by atoms with Crippen molar-refractivity contribution in [3.63, 3.8) is 0 Å². The SMILES string of the molecule is CCCCNc1nc(NCC)nc(N(C)C)n1. The van der Waals surface area contributed by atoms with Gasteiger partial charge in [0.1, 0.15) is 0 Å². The number of hydrogen-bond acceptors (Lipinski definition) is 6. The molecule has 0 fully saturated rings. The van der Waals surface area contributed by atoms with E-state index in [9.17, 15) is 0 Å². The number of nitrogens with one attached hydrogen (secondary N) is 2. The average Bonchev–Trinajstić information content (AvgIpc) is 2.29. The third-order valence-electron chi connectivity index (χ3n) is 2.17. The van der Waals surface area contributed by atoms with E-state index in [2.05, 4.69) is 32.5 Å². The molecule has 1 aromatic heterocycles. The van der Waals surface area contributed by atoms with Gasteiger partial charge in [-0.3, -0.25) is 0 Å². The Morgan fingerprint density at radius 3 is 2.18 bits per heavy atom. The fourth-order valence-electron chi connectivity index (χ4n) is 1.26. The first kappa shape index (κ1) is 13.5. The normalized spacial score (nSPS) is 10.1. The Hall–Kier alpha value is -1.59. The predicted molar refractivity (Wildman–Crippen MR) is 71.7 cm³/mol. The van der Waals surface area contributed by atoms with Crippen molar-refractivity contribution < 1.29 is 0 Å². The van der Waals surface area contributed by atoms with Crippen molar-refractivity contribution in [2.24, 2.45) is 0 Å². The van der Waals surface area contributed by atoms with Gasteiger partial charge in [0.15, 0.2) is 0 Å². The maximum Gasteiger partial charge on any atom is 0.231 e. The molecule has 0 saturated carbocycles. The lowest BCUT2D eigenvalue weighted by molar-refractivity contribution is 0.822. The minimum absolute atomic E-state index is 0.616. The van der Waals surface area contributed by atoms with Crippen LogP contribution in [-0.4, -0.2) is 42.1 Å². The molecule has 0 unspecified atom stereocenters. The van der Waals surface area contributed by atoms with Gasteiger partial charge in [-0.2, -0.15) is 15.0 Å². The maximum absolute atomic E-state index is 4.34. The van der Waals surface area contributed by atoms with Crippen LogP contribution in [-0.2, 0) is 0 Å². The zero-order chi connectivity index (χ0) is 12.7. The summed E-state index contributed by atoms with van der Waals surface area (Å²) in [5.41, 5.74) is 0. The summed E-state index contributed by atoms with van der Waals surface area (Å²) in [7, 11) is 3.84. The van der Waals surface area contributed by atoms with Crippen molar-refractivity contribution in [1.29, 1.82) is 0 Å². The fraction of sp³-hybridized carbons (Fsp3) is 0.727. The monoisotopic (exact) mass is 238 g/mol. The topological polar surface area (TPSA) is 66.0 Å². The summed E-state index contributed by atoms with van der Waals surface area (Å²) < 4.78 is 0. The Balaban J connectivity index is 2.79. The van der Waals surface area contributed by atoms with Gasteiger partial charge in [-0.1, -0.05) is 13.3 Å². The number of hydrogen-bond donors (Lipinski definition) is 2. The average molecular weight is 238 g/mol. The molecule has 17 heavy (non-hydrogen) atoms. The van der Waals surface area contributed by atoms with E-state index in [0.717, 1.165) is 25.9 Å². The minimum atomic E-state index is 0.616. The molecule has 0 aliphatic rings. The molecule has 2 N–H and O–H groups in total. The highest BCUT2D eigenvalue weighted by Crippen LogP contribution is 2.11. The van der Waals surface area contributed by atoms with Crippen molar-refractivity contribution >= 4 is 17.8 Å². The molecule has 0 saturated heterocycles. The van der Waals surface area contributed by atoms with E-state index >= 15 is 0 Å². The van der Waals surface area contributed by atoms with E-state index in [1.54, 1.807) is 0 Å². The fourth-order valence-corrected chi connectivity index (χ4v) is 1.26. The minimum Gasteiger partial charge on any atom is -0.354 e. The molecule has 1 rings (SSSR count). The summed E-state index contributed by atoms with van der Waals surface area (Å²) in [6.45, 7) is 5.86. The Bertz CT molecular complexity index is 339. The number of rotatable bonds is 7. The van der Waals surface area contributed by atoms with Crippen LogP contribution in [0.5, 0.6) is 0 Å². The third-order valence-corrected chi connectivity index (χ3v) is 2.17. The van der Waals surface area contributed by atoms with Gasteiger partial charge < -0.3 is 15.5 Å². The summed E-state index contributed by atoms with van der Waals surface area (Å²) in [4.78, 5) is 14.8. The highest BCUT2D eigenvalue weighted by atomic mass is 15.3. The molecule has 0 spiro atoms. The molecular weight excluding hydrogens is 216 g/mol. The zero-order valence-corrected chi connectivity index (χ0v) is 11.1. The van der Waals surface area contributed by atoms with Crippen LogP contribution in [0.15, 0.2) is 0 Å². The maximum atomic E-state index is 4.34. The van der Waals surface area contributed by atoms with Crippen LogP contribution in [0.25, 0.3) is 0 Å². The second kappa shape index (κ2) is 6.88.